The molecular weight excluding hydrogens is 812 g/mol. The van der Waals surface area contributed by atoms with Crippen molar-refractivity contribution in [3.63, 3.8) is 0 Å². The van der Waals surface area contributed by atoms with Crippen molar-refractivity contribution in [3.8, 4) is 0 Å². The number of rotatable bonds is 15. The summed E-state index contributed by atoms with van der Waals surface area (Å²) in [6.07, 6.45) is 5.55. The fourth-order valence-electron chi connectivity index (χ4n) is 7.01. The Kier molecular flexibility index (Phi) is 40.7. The van der Waals surface area contributed by atoms with E-state index in [-0.39, 0.29) is 123 Å². The summed E-state index contributed by atoms with van der Waals surface area (Å²) in [5.74, 6) is -3.60. The van der Waals surface area contributed by atoms with Crippen LogP contribution in [0.15, 0.2) is 0 Å². The second kappa shape index (κ2) is 33.1. The number of aliphatic carboxylic acids is 5. The summed E-state index contributed by atoms with van der Waals surface area (Å²) in [5, 5.41) is 50.9. The molecule has 10 nitrogen and oxygen atoms in total. The van der Waals surface area contributed by atoms with Crippen molar-refractivity contribution in [2.24, 2.45) is 56.7 Å². The van der Waals surface area contributed by atoms with E-state index in [2.05, 4.69) is 104 Å². The maximum absolute atomic E-state index is 10.2. The molecule has 0 aromatic heterocycles. The summed E-state index contributed by atoms with van der Waals surface area (Å²) in [4.78, 5) is 50.9. The Morgan fingerprint density at radius 1 is 0.316 bits per heavy atom. The van der Waals surface area contributed by atoms with Crippen LogP contribution in [0.4, 0.5) is 0 Å². The van der Waals surface area contributed by atoms with Crippen molar-refractivity contribution in [2.45, 2.75) is 203 Å². The van der Waals surface area contributed by atoms with Gasteiger partial charge in [0, 0.05) is 29.8 Å². The van der Waals surface area contributed by atoms with E-state index in [1.54, 1.807) is 0 Å². The van der Waals surface area contributed by atoms with Gasteiger partial charge in [0.05, 0.1) is 0 Å². The molecule has 5 unspecified atom stereocenters. The molecule has 12 heteroatoms. The van der Waals surface area contributed by atoms with Gasteiger partial charge in [0.25, 0.3) is 0 Å². The fraction of sp³-hybridized carbons (Fsp3) is 0.889. The molecule has 0 aliphatic carbocycles. The zero-order valence-corrected chi connectivity index (χ0v) is 42.0. The van der Waals surface area contributed by atoms with Crippen molar-refractivity contribution in [2.75, 3.05) is 0 Å². The molecule has 0 aromatic carbocycles. The Labute approximate surface area is 371 Å². The Morgan fingerprint density at radius 2 is 0.404 bits per heavy atom. The zero-order valence-electron chi connectivity index (χ0n) is 39.7. The van der Waals surface area contributed by atoms with Crippen LogP contribution in [-0.4, -0.2) is 29.8 Å². The Morgan fingerprint density at radius 3 is 0.456 bits per heavy atom. The number of carbonyl (C=O) groups is 5. The third-order valence-corrected chi connectivity index (χ3v) is 7.38. The van der Waals surface area contributed by atoms with Crippen LogP contribution in [0.3, 0.4) is 0 Å². The van der Waals surface area contributed by atoms with Crippen molar-refractivity contribution < 1.29 is 83.6 Å². The molecule has 0 aromatic rings. The van der Waals surface area contributed by atoms with Crippen LogP contribution >= 0.6 is 0 Å². The fourth-order valence-corrected chi connectivity index (χ4v) is 7.01. The maximum Gasteiger partial charge on any atom is 3.00 e. The van der Waals surface area contributed by atoms with Crippen LogP contribution in [0.25, 0.3) is 0 Å². The van der Waals surface area contributed by atoms with Gasteiger partial charge in [-0.15, -0.1) is 0 Å². The predicted molar refractivity (Wildman–Crippen MR) is 214 cm³/mol. The second-order valence-corrected chi connectivity index (χ2v) is 22.2. The largest absolute Gasteiger partial charge is 3.00 e. The molecule has 0 bridgehead atoms. The van der Waals surface area contributed by atoms with E-state index < -0.39 is 29.8 Å². The van der Waals surface area contributed by atoms with E-state index in [1.807, 2.05) is 34.6 Å². The summed E-state index contributed by atoms with van der Waals surface area (Å²) >= 11 is 0. The van der Waals surface area contributed by atoms with Gasteiger partial charge >= 0.3 is 34.1 Å². The van der Waals surface area contributed by atoms with Crippen LogP contribution in [0.1, 0.15) is 203 Å². The van der Waals surface area contributed by atoms with Crippen molar-refractivity contribution in [1.29, 1.82) is 0 Å². The summed E-state index contributed by atoms with van der Waals surface area (Å²) < 4.78 is 0. The summed E-state index contributed by atoms with van der Waals surface area (Å²) in [5.41, 5.74) is 1.09. The van der Waals surface area contributed by atoms with E-state index in [0.29, 0.717) is 0 Å². The number of carboxylic acid groups (broad SMARTS) is 5. The topological polar surface area (TPSA) is 201 Å². The number of hydrogen-bond donors (Lipinski definition) is 0. The minimum absolute atomic E-state index is 0. The normalized spacial score (nSPS) is 14.0. The van der Waals surface area contributed by atoms with Gasteiger partial charge in [-0.3, -0.25) is 0 Å². The van der Waals surface area contributed by atoms with Crippen LogP contribution in [-0.2, 0) is 58.1 Å². The second-order valence-electron chi connectivity index (χ2n) is 22.2. The minimum Gasteiger partial charge on any atom is -0.550 e. The van der Waals surface area contributed by atoms with Gasteiger partial charge in [0.15, 0.2) is 0 Å². The van der Waals surface area contributed by atoms with Gasteiger partial charge in [0.2, 0.25) is 0 Å². The third kappa shape index (κ3) is 79.3. The summed E-state index contributed by atoms with van der Waals surface area (Å²) in [6, 6.07) is 0. The van der Waals surface area contributed by atoms with E-state index >= 15 is 0 Å². The molecule has 0 rings (SSSR count). The molecule has 1 radical (unpaired) electrons. The smallest absolute Gasteiger partial charge is 0.550 e. The molecule has 341 valence electrons. The monoisotopic (exact) mass is 897 g/mol. The molecule has 0 saturated carbocycles. The maximum atomic E-state index is 10.2. The van der Waals surface area contributed by atoms with Crippen LogP contribution in [0.2, 0.25) is 0 Å². The minimum atomic E-state index is -0.943. The van der Waals surface area contributed by atoms with Crippen molar-refractivity contribution >= 4 is 29.8 Å². The zero-order chi connectivity index (χ0) is 45.3. The van der Waals surface area contributed by atoms with Gasteiger partial charge in [-0.2, -0.15) is 0 Å². The number of carboxylic acids is 5. The molecule has 0 amide bonds. The van der Waals surface area contributed by atoms with Gasteiger partial charge in [-0.25, -0.2) is 0 Å². The molecule has 0 heterocycles. The van der Waals surface area contributed by atoms with Gasteiger partial charge in [-0.05, 0) is 121 Å². The van der Waals surface area contributed by atoms with E-state index in [9.17, 15) is 49.5 Å². The standard InChI is InChI=1S/5C9H18O2.2Fe/c5*1-7(5-8(10)11)6-9(2,3)4;;/h5*7H,5-6H2,1-4H3,(H,10,11);;/q;;;;;+2;+3/p-5. The summed E-state index contributed by atoms with van der Waals surface area (Å²) in [7, 11) is 0. The molecule has 57 heavy (non-hydrogen) atoms. The molecule has 0 N–H and O–H groups in total. The molecule has 0 saturated heterocycles. The average Bonchev–Trinajstić information content (AvgIpc) is 2.76. The van der Waals surface area contributed by atoms with E-state index in [1.165, 1.54) is 0 Å². The summed E-state index contributed by atoms with van der Waals surface area (Å²) in [6.45, 7) is 41.4. The van der Waals surface area contributed by atoms with Crippen LogP contribution < -0.4 is 25.5 Å². The van der Waals surface area contributed by atoms with Gasteiger partial charge in [0.1, 0.15) is 0 Å². The van der Waals surface area contributed by atoms with E-state index in [4.69, 9.17) is 0 Å². The third-order valence-electron chi connectivity index (χ3n) is 7.38. The van der Waals surface area contributed by atoms with Crippen molar-refractivity contribution in [1.82, 2.24) is 0 Å². The first-order chi connectivity index (χ1) is 24.1. The molecule has 0 aliphatic heterocycles. The number of hydrogen-bond acceptors (Lipinski definition) is 10. The molecule has 0 fully saturated rings. The van der Waals surface area contributed by atoms with Crippen LogP contribution in [0.5, 0.6) is 0 Å². The first kappa shape index (κ1) is 70.0. The van der Waals surface area contributed by atoms with Gasteiger partial charge in [-0.1, -0.05) is 138 Å². The van der Waals surface area contributed by atoms with Gasteiger partial charge < -0.3 is 49.5 Å². The molecular formula is C45H85Fe2O10. The van der Waals surface area contributed by atoms with Crippen LogP contribution in [0, 0.1) is 56.7 Å². The average molecular weight is 898 g/mol. The molecule has 0 aliphatic rings. The molecule has 0 spiro atoms. The Bertz CT molecular complexity index is 875. The first-order valence-electron chi connectivity index (χ1n) is 20.0. The predicted octanol–water partition coefficient (Wildman–Crippen LogP) is 5.99. The molecule has 5 atom stereocenters. The SMILES string of the molecule is CC(CC(=O)[O-])CC(C)(C)C.CC(CC(=O)[O-])CC(C)(C)C.CC(CC(=O)[O-])CC(C)(C)C.CC(CC(=O)[O-])CC(C)(C)C.CC(CC(=O)[O-])CC(C)(C)C.[Fe+2].[Fe+3]. The first-order valence-corrected chi connectivity index (χ1v) is 20.0. The Balaban J connectivity index is -0.000000109. The quantitative estimate of drug-likeness (QED) is 0.176. The number of carbonyl (C=O) groups excluding carboxylic acids is 5. The van der Waals surface area contributed by atoms with Crippen molar-refractivity contribution in [3.05, 3.63) is 0 Å². The van der Waals surface area contributed by atoms with E-state index in [0.717, 1.165) is 32.1 Å². The Hall–Kier alpha value is -1.61.